The third-order valence-corrected chi connectivity index (χ3v) is 2.79. The van der Waals surface area contributed by atoms with Gasteiger partial charge in [-0.1, -0.05) is 13.8 Å². The molecule has 0 heterocycles. The summed E-state index contributed by atoms with van der Waals surface area (Å²) in [6, 6.07) is -0.746. The van der Waals surface area contributed by atoms with Gasteiger partial charge in [-0.3, -0.25) is 9.59 Å². The quantitative estimate of drug-likeness (QED) is 0.625. The average Bonchev–Trinajstić information content (AvgIpc) is 2.24. The molecule has 98 valence electrons. The molecule has 1 unspecified atom stereocenters. The summed E-state index contributed by atoms with van der Waals surface area (Å²) < 4.78 is 0. The van der Waals surface area contributed by atoms with E-state index in [1.165, 1.54) is 13.8 Å². The molecule has 6 heteroatoms. The highest BCUT2D eigenvalue weighted by atomic mass is 16.4. The number of nitrogens with one attached hydrogen (secondary N) is 2. The van der Waals surface area contributed by atoms with Crippen molar-refractivity contribution in [3.05, 3.63) is 0 Å². The Bertz CT molecular complexity index is 311. The smallest absolute Gasteiger partial charge is 0.329 e. The lowest BCUT2D eigenvalue weighted by Crippen LogP contribution is -2.58. The summed E-state index contributed by atoms with van der Waals surface area (Å²) >= 11 is 0. The summed E-state index contributed by atoms with van der Waals surface area (Å²) in [5, 5.41) is 14.0. The van der Waals surface area contributed by atoms with Crippen molar-refractivity contribution in [2.24, 2.45) is 0 Å². The lowest BCUT2D eigenvalue weighted by molar-refractivity contribution is -0.148. The topological polar surface area (TPSA) is 95.5 Å². The molecule has 0 bridgehead atoms. The Morgan fingerprint density at radius 2 is 1.71 bits per heavy atom. The van der Waals surface area contributed by atoms with Crippen molar-refractivity contribution in [1.82, 2.24) is 10.6 Å². The Balaban J connectivity index is 4.72. The zero-order valence-electron chi connectivity index (χ0n) is 10.7. The van der Waals surface area contributed by atoms with Crippen LogP contribution in [-0.2, 0) is 14.4 Å². The van der Waals surface area contributed by atoms with E-state index in [0.717, 1.165) is 0 Å². The summed E-state index contributed by atoms with van der Waals surface area (Å²) in [5.41, 5.74) is -1.26. The van der Waals surface area contributed by atoms with Crippen LogP contribution in [0.4, 0.5) is 0 Å². The lowest BCUT2D eigenvalue weighted by Gasteiger charge is -2.29. The summed E-state index contributed by atoms with van der Waals surface area (Å²) in [6.07, 6.45) is 0.578. The molecule has 2 amide bonds. The van der Waals surface area contributed by atoms with Crippen molar-refractivity contribution >= 4 is 17.8 Å². The third-order valence-electron chi connectivity index (χ3n) is 2.79. The predicted octanol–water partition coefficient (Wildman–Crippen LogP) is 0.271. The van der Waals surface area contributed by atoms with Crippen LogP contribution in [0.15, 0.2) is 0 Å². The molecule has 0 saturated carbocycles. The highest BCUT2D eigenvalue weighted by Crippen LogP contribution is 2.15. The van der Waals surface area contributed by atoms with Gasteiger partial charge in [-0.15, -0.1) is 0 Å². The number of rotatable bonds is 6. The van der Waals surface area contributed by atoms with Crippen LogP contribution in [0.2, 0.25) is 0 Å². The first-order valence-corrected chi connectivity index (χ1v) is 5.61. The van der Waals surface area contributed by atoms with Crippen molar-refractivity contribution in [3.8, 4) is 0 Å². The highest BCUT2D eigenvalue weighted by Gasteiger charge is 2.37. The molecular weight excluding hydrogens is 224 g/mol. The Labute approximate surface area is 101 Å². The molecule has 0 saturated heterocycles. The van der Waals surface area contributed by atoms with Gasteiger partial charge in [0, 0.05) is 6.92 Å². The molecule has 0 aromatic carbocycles. The Morgan fingerprint density at radius 3 is 2.00 bits per heavy atom. The Kier molecular flexibility index (Phi) is 5.64. The van der Waals surface area contributed by atoms with Gasteiger partial charge < -0.3 is 15.7 Å². The van der Waals surface area contributed by atoms with E-state index in [1.807, 2.05) is 0 Å². The van der Waals surface area contributed by atoms with E-state index in [4.69, 9.17) is 5.11 Å². The van der Waals surface area contributed by atoms with Crippen LogP contribution in [0.25, 0.3) is 0 Å². The van der Waals surface area contributed by atoms with E-state index in [-0.39, 0.29) is 18.7 Å². The monoisotopic (exact) mass is 244 g/mol. The van der Waals surface area contributed by atoms with E-state index in [9.17, 15) is 14.4 Å². The fourth-order valence-electron chi connectivity index (χ4n) is 1.50. The van der Waals surface area contributed by atoms with Gasteiger partial charge in [0.1, 0.15) is 11.6 Å². The third kappa shape index (κ3) is 4.05. The fraction of sp³-hybridized carbons (Fsp3) is 0.727. The molecule has 3 N–H and O–H groups in total. The number of aliphatic carboxylic acids is 1. The molecular formula is C11H20N2O4. The maximum atomic E-state index is 11.7. The second kappa shape index (κ2) is 6.22. The molecule has 17 heavy (non-hydrogen) atoms. The first-order chi connectivity index (χ1) is 7.79. The van der Waals surface area contributed by atoms with Crippen molar-refractivity contribution < 1.29 is 19.5 Å². The zero-order chi connectivity index (χ0) is 13.6. The number of amides is 2. The van der Waals surface area contributed by atoms with Gasteiger partial charge in [-0.05, 0) is 19.8 Å². The molecule has 6 nitrogen and oxygen atoms in total. The van der Waals surface area contributed by atoms with Crippen LogP contribution in [0.1, 0.15) is 40.5 Å². The van der Waals surface area contributed by atoms with Gasteiger partial charge in [0.15, 0.2) is 0 Å². The van der Waals surface area contributed by atoms with Crippen molar-refractivity contribution in [2.75, 3.05) is 0 Å². The minimum Gasteiger partial charge on any atom is -0.480 e. The van der Waals surface area contributed by atoms with E-state index in [1.54, 1.807) is 13.8 Å². The zero-order valence-corrected chi connectivity index (χ0v) is 10.7. The van der Waals surface area contributed by atoms with Crippen molar-refractivity contribution in [1.29, 1.82) is 0 Å². The minimum absolute atomic E-state index is 0.289. The van der Waals surface area contributed by atoms with Gasteiger partial charge in [0.05, 0.1) is 0 Å². The second-order valence-electron chi connectivity index (χ2n) is 4.01. The van der Waals surface area contributed by atoms with E-state index >= 15 is 0 Å². The molecule has 0 aromatic heterocycles. The normalized spacial score (nSPS) is 12.7. The molecule has 0 radical (unpaired) electrons. The van der Waals surface area contributed by atoms with Crippen LogP contribution in [0.3, 0.4) is 0 Å². The van der Waals surface area contributed by atoms with Crippen molar-refractivity contribution in [3.63, 3.8) is 0 Å². The number of carboxylic acids is 1. The molecule has 0 rings (SSSR count). The van der Waals surface area contributed by atoms with Gasteiger partial charge >= 0.3 is 5.97 Å². The molecule has 0 aliphatic heterocycles. The van der Waals surface area contributed by atoms with Crippen LogP contribution in [0.5, 0.6) is 0 Å². The summed E-state index contributed by atoms with van der Waals surface area (Å²) in [4.78, 5) is 33.7. The van der Waals surface area contributed by atoms with Gasteiger partial charge in [0.25, 0.3) is 0 Å². The van der Waals surface area contributed by atoms with Gasteiger partial charge in [-0.25, -0.2) is 4.79 Å². The number of hydrogen-bond donors (Lipinski definition) is 3. The Hall–Kier alpha value is -1.59. The summed E-state index contributed by atoms with van der Waals surface area (Å²) in [5.74, 6) is -1.89. The fourth-order valence-corrected chi connectivity index (χ4v) is 1.50. The molecule has 0 aliphatic rings. The highest BCUT2D eigenvalue weighted by molar-refractivity contribution is 5.91. The SMILES string of the molecule is CCC(CC)(NC(=O)C(C)NC(C)=O)C(=O)O. The van der Waals surface area contributed by atoms with Gasteiger partial charge in [-0.2, -0.15) is 0 Å². The van der Waals surface area contributed by atoms with Crippen LogP contribution in [0, 0.1) is 0 Å². The maximum absolute atomic E-state index is 11.7. The minimum atomic E-state index is -1.26. The average molecular weight is 244 g/mol. The number of hydrogen-bond acceptors (Lipinski definition) is 3. The summed E-state index contributed by atoms with van der Waals surface area (Å²) in [6.45, 7) is 6.20. The van der Waals surface area contributed by atoms with E-state index in [2.05, 4.69) is 10.6 Å². The second-order valence-corrected chi connectivity index (χ2v) is 4.01. The summed E-state index contributed by atoms with van der Waals surface area (Å²) in [7, 11) is 0. The van der Waals surface area contributed by atoms with Crippen LogP contribution in [-0.4, -0.2) is 34.5 Å². The predicted molar refractivity (Wildman–Crippen MR) is 62.4 cm³/mol. The Morgan fingerprint density at radius 1 is 1.24 bits per heavy atom. The largest absolute Gasteiger partial charge is 0.480 e. The lowest BCUT2D eigenvalue weighted by atomic mass is 9.92. The van der Waals surface area contributed by atoms with E-state index < -0.39 is 23.5 Å². The first-order valence-electron chi connectivity index (χ1n) is 5.61. The standard InChI is InChI=1S/C11H20N2O4/c1-5-11(6-2,10(16)17)13-9(15)7(3)12-8(4)14/h7H,5-6H2,1-4H3,(H,12,14)(H,13,15)(H,16,17). The molecule has 0 fully saturated rings. The maximum Gasteiger partial charge on any atom is 0.329 e. The van der Waals surface area contributed by atoms with E-state index in [0.29, 0.717) is 0 Å². The van der Waals surface area contributed by atoms with Crippen molar-refractivity contribution in [2.45, 2.75) is 52.1 Å². The molecule has 0 aliphatic carbocycles. The van der Waals surface area contributed by atoms with Crippen LogP contribution < -0.4 is 10.6 Å². The molecule has 1 atom stereocenters. The molecule has 0 spiro atoms. The number of carboxylic acid groups (broad SMARTS) is 1. The first kappa shape index (κ1) is 15.4. The van der Waals surface area contributed by atoms with Gasteiger partial charge in [0.2, 0.25) is 11.8 Å². The number of carbonyl (C=O) groups is 3. The number of carbonyl (C=O) groups excluding carboxylic acids is 2. The van der Waals surface area contributed by atoms with Crippen LogP contribution >= 0.6 is 0 Å². The molecule has 0 aromatic rings.